The molecule has 1 aromatic heterocycles. The molecule has 3 atom stereocenters. The standard InChI is InChI=1S/C20H22FN5O/c1-14-19-7-6-18(27-17-4-2-15(10-22)3-5-17)13-25(19)8-9-26(14)20-23-11-16(21)12-24-20/h2-5,11-12,14,18-19H,6-9,13H2,1H3/t14?,18-,19-/m0/s1. The molecule has 2 aliphatic rings. The average molecular weight is 367 g/mol. The van der Waals surface area contributed by atoms with Crippen molar-refractivity contribution < 1.29 is 9.13 Å². The number of fused-ring (bicyclic) bond motifs is 1. The van der Waals surface area contributed by atoms with E-state index in [0.29, 0.717) is 17.6 Å². The van der Waals surface area contributed by atoms with Gasteiger partial charge in [0.25, 0.3) is 0 Å². The number of hydrogen-bond acceptors (Lipinski definition) is 6. The van der Waals surface area contributed by atoms with Gasteiger partial charge in [0.05, 0.1) is 24.0 Å². The predicted molar refractivity (Wildman–Crippen MR) is 99.0 cm³/mol. The van der Waals surface area contributed by atoms with Crippen LogP contribution in [0.4, 0.5) is 10.3 Å². The van der Waals surface area contributed by atoms with Gasteiger partial charge < -0.3 is 9.64 Å². The van der Waals surface area contributed by atoms with Crippen molar-refractivity contribution >= 4 is 5.95 Å². The molecule has 3 heterocycles. The number of aromatic nitrogens is 2. The van der Waals surface area contributed by atoms with Crippen LogP contribution in [0.5, 0.6) is 5.75 Å². The second-order valence-corrected chi connectivity index (χ2v) is 7.15. The first-order valence-corrected chi connectivity index (χ1v) is 9.29. The van der Waals surface area contributed by atoms with Crippen molar-refractivity contribution in [1.29, 1.82) is 5.26 Å². The fourth-order valence-electron chi connectivity index (χ4n) is 4.11. The summed E-state index contributed by atoms with van der Waals surface area (Å²) in [6, 6.07) is 10.1. The van der Waals surface area contributed by atoms with Crippen LogP contribution in [0.2, 0.25) is 0 Å². The normalized spacial score (nSPS) is 25.5. The molecule has 140 valence electrons. The number of nitrogens with zero attached hydrogens (tertiary/aromatic N) is 5. The molecule has 27 heavy (non-hydrogen) atoms. The third-order valence-electron chi connectivity index (χ3n) is 5.52. The Bertz CT molecular complexity index is 820. The molecule has 0 amide bonds. The molecule has 1 aromatic carbocycles. The number of anilines is 1. The lowest BCUT2D eigenvalue weighted by Gasteiger charge is -2.50. The number of rotatable bonds is 3. The highest BCUT2D eigenvalue weighted by Gasteiger charge is 2.39. The smallest absolute Gasteiger partial charge is 0.225 e. The summed E-state index contributed by atoms with van der Waals surface area (Å²) >= 11 is 0. The summed E-state index contributed by atoms with van der Waals surface area (Å²) in [6.45, 7) is 4.79. The van der Waals surface area contributed by atoms with Gasteiger partial charge in [-0.3, -0.25) is 4.90 Å². The van der Waals surface area contributed by atoms with Crippen LogP contribution in [0.3, 0.4) is 0 Å². The lowest BCUT2D eigenvalue weighted by atomic mass is 9.92. The molecule has 1 unspecified atom stereocenters. The van der Waals surface area contributed by atoms with Gasteiger partial charge in [-0.25, -0.2) is 14.4 Å². The average Bonchev–Trinajstić information content (AvgIpc) is 2.70. The molecule has 2 aliphatic heterocycles. The van der Waals surface area contributed by atoms with Gasteiger partial charge in [0, 0.05) is 31.7 Å². The first-order valence-electron chi connectivity index (χ1n) is 9.29. The first kappa shape index (κ1) is 17.7. The van der Waals surface area contributed by atoms with Crippen molar-refractivity contribution in [2.75, 3.05) is 24.5 Å². The van der Waals surface area contributed by atoms with E-state index in [9.17, 15) is 4.39 Å². The first-order chi connectivity index (χ1) is 13.1. The summed E-state index contributed by atoms with van der Waals surface area (Å²) in [5.74, 6) is 0.994. The van der Waals surface area contributed by atoms with E-state index in [1.165, 1.54) is 12.4 Å². The fourth-order valence-corrected chi connectivity index (χ4v) is 4.11. The SMILES string of the molecule is CC1[C@@H]2CC[C@H](Oc3ccc(C#N)cc3)CN2CCN1c1ncc(F)cn1. The minimum absolute atomic E-state index is 0.148. The second-order valence-electron chi connectivity index (χ2n) is 7.15. The number of hydrogen-bond donors (Lipinski definition) is 0. The van der Waals surface area contributed by atoms with Crippen LogP contribution >= 0.6 is 0 Å². The Morgan fingerprint density at radius 3 is 2.59 bits per heavy atom. The molecule has 0 saturated carbocycles. The van der Waals surface area contributed by atoms with Gasteiger partial charge in [-0.1, -0.05) is 0 Å². The van der Waals surface area contributed by atoms with E-state index in [1.54, 1.807) is 12.1 Å². The van der Waals surface area contributed by atoms with E-state index in [4.69, 9.17) is 10.00 Å². The van der Waals surface area contributed by atoms with Gasteiger partial charge in [-0.15, -0.1) is 0 Å². The van der Waals surface area contributed by atoms with Crippen molar-refractivity contribution in [3.05, 3.63) is 48.0 Å². The highest BCUT2D eigenvalue weighted by molar-refractivity contribution is 5.35. The van der Waals surface area contributed by atoms with Crippen molar-refractivity contribution in [3.8, 4) is 11.8 Å². The molecule has 4 rings (SSSR count). The topological polar surface area (TPSA) is 65.3 Å². The quantitative estimate of drug-likeness (QED) is 0.831. The zero-order valence-corrected chi connectivity index (χ0v) is 15.3. The Labute approximate surface area is 158 Å². The third-order valence-corrected chi connectivity index (χ3v) is 5.52. The van der Waals surface area contributed by atoms with Gasteiger partial charge in [0.1, 0.15) is 11.9 Å². The van der Waals surface area contributed by atoms with E-state index in [-0.39, 0.29) is 12.1 Å². The van der Waals surface area contributed by atoms with Crippen LogP contribution in [0.1, 0.15) is 25.3 Å². The third kappa shape index (κ3) is 3.71. The highest BCUT2D eigenvalue weighted by Crippen LogP contribution is 2.30. The van der Waals surface area contributed by atoms with Crippen LogP contribution in [0.25, 0.3) is 0 Å². The molecule has 6 nitrogen and oxygen atoms in total. The number of benzene rings is 1. The van der Waals surface area contributed by atoms with Gasteiger partial charge in [0.15, 0.2) is 5.82 Å². The number of ether oxygens (including phenoxy) is 1. The Hall–Kier alpha value is -2.72. The highest BCUT2D eigenvalue weighted by atomic mass is 19.1. The van der Waals surface area contributed by atoms with E-state index >= 15 is 0 Å². The summed E-state index contributed by atoms with van der Waals surface area (Å²) in [5.41, 5.74) is 0.638. The van der Waals surface area contributed by atoms with Crippen molar-refractivity contribution in [2.24, 2.45) is 0 Å². The van der Waals surface area contributed by atoms with E-state index in [1.807, 2.05) is 12.1 Å². The lowest BCUT2D eigenvalue weighted by molar-refractivity contribution is 0.0286. The Balaban J connectivity index is 1.39. The van der Waals surface area contributed by atoms with Gasteiger partial charge in [-0.2, -0.15) is 5.26 Å². The molecule has 0 bridgehead atoms. The fraction of sp³-hybridized carbons (Fsp3) is 0.450. The monoisotopic (exact) mass is 367 g/mol. The van der Waals surface area contributed by atoms with Gasteiger partial charge in [0.2, 0.25) is 5.95 Å². The molecule has 2 aromatic rings. The van der Waals surface area contributed by atoms with E-state index in [2.05, 4.69) is 32.8 Å². The zero-order valence-electron chi connectivity index (χ0n) is 15.3. The molecule has 2 fully saturated rings. The summed E-state index contributed by atoms with van der Waals surface area (Å²) in [7, 11) is 0. The lowest BCUT2D eigenvalue weighted by Crippen LogP contribution is -2.62. The summed E-state index contributed by atoms with van der Waals surface area (Å²) in [6.07, 6.45) is 4.60. The molecule has 0 N–H and O–H groups in total. The predicted octanol–water partition coefficient (Wildman–Crippen LogP) is 2.61. The van der Waals surface area contributed by atoms with Crippen LogP contribution in [-0.4, -0.2) is 52.7 Å². The maximum absolute atomic E-state index is 13.1. The molecule has 7 heteroatoms. The maximum Gasteiger partial charge on any atom is 0.225 e. The van der Waals surface area contributed by atoms with Crippen molar-refractivity contribution in [2.45, 2.75) is 38.0 Å². The van der Waals surface area contributed by atoms with Crippen molar-refractivity contribution in [1.82, 2.24) is 14.9 Å². The Morgan fingerprint density at radius 2 is 1.89 bits per heavy atom. The summed E-state index contributed by atoms with van der Waals surface area (Å²) < 4.78 is 19.2. The second kappa shape index (κ2) is 7.49. The molecular formula is C20H22FN5O. The Morgan fingerprint density at radius 1 is 1.15 bits per heavy atom. The summed E-state index contributed by atoms with van der Waals surface area (Å²) in [5, 5.41) is 8.89. The number of piperazine rings is 1. The number of halogens is 1. The Kier molecular flexibility index (Phi) is 4.90. The molecule has 0 aliphatic carbocycles. The molecule has 0 spiro atoms. The van der Waals surface area contributed by atoms with Crippen LogP contribution in [0.15, 0.2) is 36.7 Å². The van der Waals surface area contributed by atoms with Crippen LogP contribution in [-0.2, 0) is 0 Å². The zero-order chi connectivity index (χ0) is 18.8. The maximum atomic E-state index is 13.1. The number of piperidine rings is 1. The van der Waals surface area contributed by atoms with Gasteiger partial charge in [-0.05, 0) is 44.0 Å². The van der Waals surface area contributed by atoms with E-state index in [0.717, 1.165) is 38.2 Å². The van der Waals surface area contributed by atoms with Gasteiger partial charge >= 0.3 is 0 Å². The van der Waals surface area contributed by atoms with Crippen molar-refractivity contribution in [3.63, 3.8) is 0 Å². The van der Waals surface area contributed by atoms with E-state index < -0.39 is 5.82 Å². The molecular weight excluding hydrogens is 345 g/mol. The minimum Gasteiger partial charge on any atom is -0.489 e. The largest absolute Gasteiger partial charge is 0.489 e. The number of nitriles is 1. The molecule has 2 saturated heterocycles. The molecule has 0 radical (unpaired) electrons. The minimum atomic E-state index is -0.412. The van der Waals surface area contributed by atoms with Crippen LogP contribution in [0, 0.1) is 17.1 Å². The summed E-state index contributed by atoms with van der Waals surface area (Å²) in [4.78, 5) is 12.9. The van der Waals surface area contributed by atoms with Crippen LogP contribution < -0.4 is 9.64 Å².